The SMILES string of the molecule is CC(CC1CCCN1)Nc1ccc(Br)cc1C#N. The van der Waals surface area contributed by atoms with E-state index in [0.717, 1.165) is 23.1 Å². The average Bonchev–Trinajstić information content (AvgIpc) is 2.84. The van der Waals surface area contributed by atoms with Crippen LogP contribution in [0.2, 0.25) is 0 Å². The van der Waals surface area contributed by atoms with Gasteiger partial charge >= 0.3 is 0 Å². The Morgan fingerprint density at radius 3 is 3.11 bits per heavy atom. The lowest BCUT2D eigenvalue weighted by Gasteiger charge is -2.20. The number of hydrogen-bond donors (Lipinski definition) is 2. The molecule has 2 atom stereocenters. The van der Waals surface area contributed by atoms with Gasteiger partial charge in [0.2, 0.25) is 0 Å². The van der Waals surface area contributed by atoms with E-state index in [0.29, 0.717) is 17.6 Å². The highest BCUT2D eigenvalue weighted by Crippen LogP contribution is 2.22. The number of benzene rings is 1. The van der Waals surface area contributed by atoms with E-state index in [1.165, 1.54) is 12.8 Å². The van der Waals surface area contributed by atoms with Crippen LogP contribution in [-0.4, -0.2) is 18.6 Å². The predicted molar refractivity (Wildman–Crippen MR) is 77.6 cm³/mol. The van der Waals surface area contributed by atoms with Gasteiger partial charge in [0.05, 0.1) is 11.3 Å². The van der Waals surface area contributed by atoms with Crippen molar-refractivity contribution in [3.05, 3.63) is 28.2 Å². The summed E-state index contributed by atoms with van der Waals surface area (Å²) in [5.41, 5.74) is 1.61. The van der Waals surface area contributed by atoms with Gasteiger partial charge in [-0.1, -0.05) is 15.9 Å². The van der Waals surface area contributed by atoms with Crippen molar-refractivity contribution in [1.82, 2.24) is 5.32 Å². The smallest absolute Gasteiger partial charge is 0.101 e. The molecule has 0 radical (unpaired) electrons. The molecule has 1 aromatic carbocycles. The van der Waals surface area contributed by atoms with Gasteiger partial charge < -0.3 is 10.6 Å². The van der Waals surface area contributed by atoms with Gasteiger partial charge in [0.25, 0.3) is 0 Å². The molecule has 1 saturated heterocycles. The van der Waals surface area contributed by atoms with Gasteiger partial charge in [0.1, 0.15) is 6.07 Å². The van der Waals surface area contributed by atoms with Crippen LogP contribution < -0.4 is 10.6 Å². The molecule has 2 rings (SSSR count). The molecule has 1 fully saturated rings. The summed E-state index contributed by atoms with van der Waals surface area (Å²) in [6, 6.07) is 8.99. The Kier molecular flexibility index (Phi) is 4.62. The molecule has 2 N–H and O–H groups in total. The molecule has 0 saturated carbocycles. The highest BCUT2D eigenvalue weighted by atomic mass is 79.9. The molecular weight excluding hydrogens is 290 g/mol. The maximum absolute atomic E-state index is 9.12. The van der Waals surface area contributed by atoms with E-state index in [-0.39, 0.29) is 0 Å². The zero-order valence-corrected chi connectivity index (χ0v) is 12.1. The van der Waals surface area contributed by atoms with Gasteiger partial charge in [0, 0.05) is 16.6 Å². The third kappa shape index (κ3) is 3.47. The van der Waals surface area contributed by atoms with E-state index in [2.05, 4.69) is 39.6 Å². The van der Waals surface area contributed by atoms with Crippen molar-refractivity contribution in [3.63, 3.8) is 0 Å². The van der Waals surface area contributed by atoms with Crippen LogP contribution in [0.15, 0.2) is 22.7 Å². The molecule has 1 aromatic rings. The molecule has 2 unspecified atom stereocenters. The third-order valence-corrected chi connectivity index (χ3v) is 3.80. The van der Waals surface area contributed by atoms with Crippen LogP contribution in [0, 0.1) is 11.3 Å². The molecule has 0 spiro atoms. The van der Waals surface area contributed by atoms with Crippen molar-refractivity contribution >= 4 is 21.6 Å². The van der Waals surface area contributed by atoms with Crippen LogP contribution in [-0.2, 0) is 0 Å². The average molecular weight is 308 g/mol. The quantitative estimate of drug-likeness (QED) is 0.897. The summed E-state index contributed by atoms with van der Waals surface area (Å²) in [5.74, 6) is 0. The fourth-order valence-corrected chi connectivity index (χ4v) is 2.80. The van der Waals surface area contributed by atoms with E-state index >= 15 is 0 Å². The Bertz CT molecular complexity index is 447. The summed E-state index contributed by atoms with van der Waals surface area (Å²) in [6.45, 7) is 3.31. The normalized spacial score (nSPS) is 20.4. The van der Waals surface area contributed by atoms with Crippen LogP contribution in [0.3, 0.4) is 0 Å². The largest absolute Gasteiger partial charge is 0.381 e. The molecule has 0 bridgehead atoms. The van der Waals surface area contributed by atoms with Gasteiger partial charge in [0.15, 0.2) is 0 Å². The molecule has 0 amide bonds. The number of anilines is 1. The van der Waals surface area contributed by atoms with Crippen molar-refractivity contribution in [2.75, 3.05) is 11.9 Å². The van der Waals surface area contributed by atoms with Gasteiger partial charge in [-0.15, -0.1) is 0 Å². The van der Waals surface area contributed by atoms with Crippen molar-refractivity contribution in [1.29, 1.82) is 5.26 Å². The Balaban J connectivity index is 1.98. The molecule has 0 aliphatic carbocycles. The Hall–Kier alpha value is -1.05. The number of halogens is 1. The molecule has 1 heterocycles. The summed E-state index contributed by atoms with van der Waals surface area (Å²) < 4.78 is 0.940. The van der Waals surface area contributed by atoms with E-state index in [4.69, 9.17) is 5.26 Å². The molecule has 1 aliphatic rings. The number of hydrogen-bond acceptors (Lipinski definition) is 3. The molecule has 96 valence electrons. The van der Waals surface area contributed by atoms with Gasteiger partial charge in [-0.05, 0) is 50.9 Å². The summed E-state index contributed by atoms with van der Waals surface area (Å²) in [5, 5.41) is 16.0. The lowest BCUT2D eigenvalue weighted by atomic mass is 10.1. The summed E-state index contributed by atoms with van der Waals surface area (Å²) in [4.78, 5) is 0. The summed E-state index contributed by atoms with van der Waals surface area (Å²) in [6.07, 6.45) is 3.64. The monoisotopic (exact) mass is 307 g/mol. The minimum atomic E-state index is 0.369. The topological polar surface area (TPSA) is 47.8 Å². The first-order valence-corrected chi connectivity index (χ1v) is 7.18. The first kappa shape index (κ1) is 13.4. The lowest BCUT2D eigenvalue weighted by molar-refractivity contribution is 0.523. The lowest BCUT2D eigenvalue weighted by Crippen LogP contribution is -2.29. The number of nitriles is 1. The van der Waals surface area contributed by atoms with Crippen molar-refractivity contribution < 1.29 is 0 Å². The zero-order valence-electron chi connectivity index (χ0n) is 10.5. The number of nitrogens with zero attached hydrogens (tertiary/aromatic N) is 1. The minimum absolute atomic E-state index is 0.369. The standard InChI is InChI=1S/C14H18BrN3/c1-10(7-13-3-2-6-17-13)18-14-5-4-12(15)8-11(14)9-16/h4-5,8,10,13,17-18H,2-3,6-7H2,1H3. The van der Waals surface area contributed by atoms with Gasteiger partial charge in [-0.3, -0.25) is 0 Å². The van der Waals surface area contributed by atoms with E-state index < -0.39 is 0 Å². The van der Waals surface area contributed by atoms with E-state index in [9.17, 15) is 0 Å². The predicted octanol–water partition coefficient (Wildman–Crippen LogP) is 3.26. The fraction of sp³-hybridized carbons (Fsp3) is 0.500. The summed E-state index contributed by atoms with van der Waals surface area (Å²) >= 11 is 3.39. The number of rotatable bonds is 4. The van der Waals surface area contributed by atoms with Crippen LogP contribution in [0.25, 0.3) is 0 Å². The van der Waals surface area contributed by atoms with Crippen LogP contribution in [0.1, 0.15) is 31.7 Å². The van der Waals surface area contributed by atoms with Crippen LogP contribution >= 0.6 is 15.9 Å². The molecule has 4 heteroatoms. The van der Waals surface area contributed by atoms with Crippen molar-refractivity contribution in [3.8, 4) is 6.07 Å². The summed E-state index contributed by atoms with van der Waals surface area (Å²) in [7, 11) is 0. The molecule has 18 heavy (non-hydrogen) atoms. The highest BCUT2D eigenvalue weighted by molar-refractivity contribution is 9.10. The molecule has 0 aromatic heterocycles. The third-order valence-electron chi connectivity index (χ3n) is 3.30. The zero-order chi connectivity index (χ0) is 13.0. The van der Waals surface area contributed by atoms with Gasteiger partial charge in [-0.25, -0.2) is 0 Å². The minimum Gasteiger partial charge on any atom is -0.381 e. The highest BCUT2D eigenvalue weighted by Gasteiger charge is 2.17. The second-order valence-corrected chi connectivity index (χ2v) is 5.79. The van der Waals surface area contributed by atoms with E-state index in [1.807, 2.05) is 18.2 Å². The Labute approximate surface area is 117 Å². The van der Waals surface area contributed by atoms with Crippen LogP contribution in [0.4, 0.5) is 5.69 Å². The molecule has 1 aliphatic heterocycles. The Morgan fingerprint density at radius 1 is 1.61 bits per heavy atom. The first-order chi connectivity index (χ1) is 8.69. The first-order valence-electron chi connectivity index (χ1n) is 6.38. The van der Waals surface area contributed by atoms with Crippen LogP contribution in [0.5, 0.6) is 0 Å². The molecular formula is C14H18BrN3. The maximum atomic E-state index is 9.12. The number of nitrogens with one attached hydrogen (secondary N) is 2. The fourth-order valence-electron chi connectivity index (χ4n) is 2.44. The van der Waals surface area contributed by atoms with Crippen molar-refractivity contribution in [2.45, 2.75) is 38.3 Å². The second-order valence-electron chi connectivity index (χ2n) is 4.88. The van der Waals surface area contributed by atoms with E-state index in [1.54, 1.807) is 0 Å². The molecule has 3 nitrogen and oxygen atoms in total. The van der Waals surface area contributed by atoms with Crippen molar-refractivity contribution in [2.24, 2.45) is 0 Å². The Morgan fingerprint density at radius 2 is 2.44 bits per heavy atom. The maximum Gasteiger partial charge on any atom is 0.101 e. The second kappa shape index (κ2) is 6.21. The van der Waals surface area contributed by atoms with Gasteiger partial charge in [-0.2, -0.15) is 5.26 Å².